The van der Waals surface area contributed by atoms with Gasteiger partial charge in [0.25, 0.3) is 0 Å². The predicted molar refractivity (Wildman–Crippen MR) is 286 cm³/mol. The monoisotopic (exact) mass is 1360 g/mol. The zero-order valence-corrected chi connectivity index (χ0v) is 46.0. The molecule has 0 aliphatic carbocycles. The van der Waals surface area contributed by atoms with Crippen LogP contribution in [0, 0.1) is 95.0 Å². The SMILES string of the molecule is Fc1[c-]c(F)c(F)c(F)c1F.Fc1[c-]c(F)c(F)c(F)c1F.[C-]#Cc1ccccc1.[C-]#Cc1ccccc1.[Pd+2].[Pt+2].c1ccc(P(c2ccccc2)c2ccccc2)cc1.c1ccc(P(c2ccccc2)c2ccccc2)cc1. The molecule has 0 aromatic heterocycles. The van der Waals surface area contributed by atoms with E-state index in [4.69, 9.17) is 12.8 Å². The van der Waals surface area contributed by atoms with Crippen molar-refractivity contribution >= 4 is 47.7 Å². The molecule has 10 rings (SSSR count). The summed E-state index contributed by atoms with van der Waals surface area (Å²) in [5.41, 5.74) is 1.65. The minimum Gasteiger partial charge on any atom is -0.366 e. The first-order chi connectivity index (χ1) is 36.8. The molecule has 396 valence electrons. The molecule has 0 amide bonds. The van der Waals surface area contributed by atoms with E-state index in [1.807, 2.05) is 60.7 Å². The second-order valence-corrected chi connectivity index (χ2v) is 19.5. The van der Waals surface area contributed by atoms with E-state index in [1.165, 1.54) is 31.8 Å². The van der Waals surface area contributed by atoms with Crippen molar-refractivity contribution < 1.29 is 85.4 Å². The maximum Gasteiger partial charge on any atom is 2.00 e. The maximum atomic E-state index is 12.0. The molecule has 0 aliphatic heterocycles. The van der Waals surface area contributed by atoms with Gasteiger partial charge in [-0.3, -0.25) is 29.4 Å². The number of rotatable bonds is 6. The minimum atomic E-state index is -2.17. The third-order valence-corrected chi connectivity index (χ3v) is 14.8. The summed E-state index contributed by atoms with van der Waals surface area (Å²) < 4.78 is 120. The van der Waals surface area contributed by atoms with Crippen molar-refractivity contribution in [2.45, 2.75) is 0 Å². The standard InChI is InChI=1S/2C18H15P.2C8H5.2C6F5.Pd.Pt/c2*1-4-10-16(11-5-1)19(17-12-6-2-7-13-17)18-14-8-3-9-15-18;2*1-2-8-6-4-3-5-7-8;2*7-2-1-3(8)5(10)6(11)4(2)9;;/h2*1-15H;2*3-7H;;;;/q;;4*-1;2*+2. The van der Waals surface area contributed by atoms with Crippen LogP contribution in [0.5, 0.6) is 0 Å². The Morgan fingerprint density at radius 3 is 0.551 bits per heavy atom. The smallest absolute Gasteiger partial charge is 0.366 e. The zero-order valence-electron chi connectivity index (χ0n) is 40.4. The molecule has 14 heteroatoms. The van der Waals surface area contributed by atoms with Crippen molar-refractivity contribution in [3.05, 3.63) is 337 Å². The fraction of sp³-hybridized carbons (Fsp3) is 0. The number of halogens is 10. The summed E-state index contributed by atoms with van der Waals surface area (Å²) >= 11 is 0. The van der Waals surface area contributed by atoms with Crippen LogP contribution in [0.3, 0.4) is 0 Å². The normalized spacial score (nSPS) is 9.67. The van der Waals surface area contributed by atoms with Crippen LogP contribution in [0.2, 0.25) is 0 Å². The Kier molecular flexibility index (Phi) is 29.5. The predicted octanol–water partition coefficient (Wildman–Crippen LogP) is 14.5. The molecule has 0 N–H and O–H groups in total. The molecule has 0 saturated heterocycles. The van der Waals surface area contributed by atoms with Crippen molar-refractivity contribution in [3.8, 4) is 11.8 Å². The van der Waals surface area contributed by atoms with Crippen LogP contribution in [-0.2, 0) is 41.5 Å². The second kappa shape index (κ2) is 35.3. The molecule has 78 heavy (non-hydrogen) atoms. The molecule has 10 aromatic rings. The van der Waals surface area contributed by atoms with Crippen LogP contribution >= 0.6 is 15.8 Å². The molecular weight excluding hydrogens is 1320 g/mol. The molecule has 0 spiro atoms. The van der Waals surface area contributed by atoms with Gasteiger partial charge in [-0.25, -0.2) is 26.3 Å². The fourth-order valence-electron chi connectivity index (χ4n) is 6.39. The average Bonchev–Trinajstić information content (AvgIpc) is 3.48. The molecule has 0 nitrogen and oxygen atoms in total. The van der Waals surface area contributed by atoms with Gasteiger partial charge in [-0.2, -0.15) is 0 Å². The number of benzene rings is 10. The maximum absolute atomic E-state index is 12.0. The molecule has 0 atom stereocenters. The summed E-state index contributed by atoms with van der Waals surface area (Å²) in [6.45, 7) is 0. The van der Waals surface area contributed by atoms with Crippen molar-refractivity contribution in [1.29, 1.82) is 0 Å². The van der Waals surface area contributed by atoms with E-state index in [2.05, 4.69) is 194 Å². The van der Waals surface area contributed by atoms with Crippen LogP contribution in [0.15, 0.2) is 243 Å². The number of hydrogen-bond donors (Lipinski definition) is 0. The van der Waals surface area contributed by atoms with Gasteiger partial charge in [-0.15, -0.1) is 47.5 Å². The molecule has 0 unspecified atom stereocenters. The van der Waals surface area contributed by atoms with Crippen LogP contribution in [0.1, 0.15) is 11.1 Å². The van der Waals surface area contributed by atoms with Crippen molar-refractivity contribution in [3.63, 3.8) is 0 Å². The van der Waals surface area contributed by atoms with Gasteiger partial charge in [0.05, 0.1) is 58.2 Å². The van der Waals surface area contributed by atoms with Gasteiger partial charge < -0.3 is 12.8 Å². The van der Waals surface area contributed by atoms with E-state index in [9.17, 15) is 43.9 Å². The van der Waals surface area contributed by atoms with Gasteiger partial charge in [0.2, 0.25) is 0 Å². The molecule has 0 fully saturated rings. The largest absolute Gasteiger partial charge is 2.00 e. The summed E-state index contributed by atoms with van der Waals surface area (Å²) in [5, 5.41) is 8.39. The van der Waals surface area contributed by atoms with E-state index in [0.717, 1.165) is 23.3 Å². The zero-order chi connectivity index (χ0) is 54.7. The van der Waals surface area contributed by atoms with Crippen LogP contribution in [0.25, 0.3) is 0 Å². The Morgan fingerprint density at radius 2 is 0.410 bits per heavy atom. The third-order valence-electron chi connectivity index (χ3n) is 9.90. The number of hydrogen-bond acceptors (Lipinski definition) is 0. The minimum absolute atomic E-state index is 0. The quantitative estimate of drug-likeness (QED) is 0.0296. The van der Waals surface area contributed by atoms with Gasteiger partial charge in [0, 0.05) is 0 Å². The van der Waals surface area contributed by atoms with Gasteiger partial charge in [-0.05, 0) is 47.7 Å². The second-order valence-electron chi connectivity index (χ2n) is 15.1. The Hall–Kier alpha value is -7.17. The molecule has 0 bridgehead atoms. The van der Waals surface area contributed by atoms with Gasteiger partial charge in [-0.1, -0.05) is 218 Å². The van der Waals surface area contributed by atoms with Gasteiger partial charge in [0.1, 0.15) is 0 Å². The van der Waals surface area contributed by atoms with Gasteiger partial charge in [0.15, 0.2) is 0 Å². The van der Waals surface area contributed by atoms with Gasteiger partial charge >= 0.3 is 41.5 Å². The first-order valence-corrected chi connectivity index (χ1v) is 25.2. The Balaban J connectivity index is 0.000000254. The Labute approximate surface area is 478 Å². The molecular formula is C64H40F10P2PdPt. The van der Waals surface area contributed by atoms with Crippen molar-refractivity contribution in [2.24, 2.45) is 0 Å². The molecule has 0 aliphatic rings. The molecule has 0 radical (unpaired) electrons. The summed E-state index contributed by atoms with van der Waals surface area (Å²) in [6, 6.07) is 85.4. The van der Waals surface area contributed by atoms with E-state index in [-0.39, 0.29) is 41.5 Å². The summed E-state index contributed by atoms with van der Waals surface area (Å²) in [7, 11) is -0.892. The average molecular weight is 1360 g/mol. The first-order valence-electron chi connectivity index (χ1n) is 22.5. The third kappa shape index (κ3) is 20.3. The van der Waals surface area contributed by atoms with E-state index >= 15 is 0 Å². The Bertz CT molecular complexity index is 2910. The van der Waals surface area contributed by atoms with E-state index in [0.29, 0.717) is 0 Å². The van der Waals surface area contributed by atoms with Crippen molar-refractivity contribution in [2.75, 3.05) is 0 Å². The summed E-state index contributed by atoms with van der Waals surface area (Å²) in [4.78, 5) is 0. The fourth-order valence-corrected chi connectivity index (χ4v) is 11.0. The molecule has 0 heterocycles. The van der Waals surface area contributed by atoms with Crippen LogP contribution < -0.4 is 31.8 Å². The summed E-state index contributed by atoms with van der Waals surface area (Å²) in [6.07, 6.45) is 13.4. The van der Waals surface area contributed by atoms with Crippen LogP contribution in [0.4, 0.5) is 43.9 Å². The Morgan fingerprint density at radius 1 is 0.256 bits per heavy atom. The molecule has 10 aromatic carbocycles. The summed E-state index contributed by atoms with van der Waals surface area (Å²) in [5.74, 6) is -15.5. The molecule has 0 saturated carbocycles. The van der Waals surface area contributed by atoms with E-state index in [1.54, 1.807) is 0 Å². The topological polar surface area (TPSA) is 0 Å². The van der Waals surface area contributed by atoms with Crippen molar-refractivity contribution in [1.82, 2.24) is 0 Å². The van der Waals surface area contributed by atoms with Crippen LogP contribution in [-0.4, -0.2) is 0 Å². The van der Waals surface area contributed by atoms with E-state index < -0.39 is 74.0 Å². The first kappa shape index (κ1) is 65.1.